The van der Waals surface area contributed by atoms with Gasteiger partial charge in [-0.1, -0.05) is 25.7 Å². The summed E-state index contributed by atoms with van der Waals surface area (Å²) >= 11 is 0. The van der Waals surface area contributed by atoms with Gasteiger partial charge in [-0.3, -0.25) is 4.68 Å². The summed E-state index contributed by atoms with van der Waals surface area (Å²) in [4.78, 5) is 15.7. The number of methoxy groups -OCH3 is 1. The summed E-state index contributed by atoms with van der Waals surface area (Å²) in [6.07, 6.45) is 12.1. The van der Waals surface area contributed by atoms with E-state index in [1.165, 1.54) is 51.4 Å². The maximum atomic E-state index is 5.29. The molecule has 8 nitrogen and oxygen atoms in total. The van der Waals surface area contributed by atoms with E-state index >= 15 is 0 Å². The number of ether oxygens (including phenoxy) is 1. The molecule has 3 heterocycles. The van der Waals surface area contributed by atoms with E-state index < -0.39 is 0 Å². The van der Waals surface area contributed by atoms with Gasteiger partial charge in [0, 0.05) is 19.3 Å². The number of nitrogens with zero attached hydrogens (tertiary/aromatic N) is 6. The second-order valence-electron chi connectivity index (χ2n) is 7.43. The molecular weight excluding hydrogens is 342 g/mol. The van der Waals surface area contributed by atoms with Gasteiger partial charge >= 0.3 is 6.01 Å². The summed E-state index contributed by atoms with van der Waals surface area (Å²) < 4.78 is 7.40. The molecule has 27 heavy (non-hydrogen) atoms. The topological polar surface area (TPSA) is 81.0 Å². The first-order valence-corrected chi connectivity index (χ1v) is 10.1. The van der Waals surface area contributed by atoms with E-state index in [0.29, 0.717) is 30.5 Å². The lowest BCUT2D eigenvalue weighted by Gasteiger charge is -2.20. The van der Waals surface area contributed by atoms with E-state index in [1.54, 1.807) is 7.11 Å². The number of aromatic nitrogens is 5. The molecule has 1 saturated heterocycles. The number of rotatable bonds is 6. The fraction of sp³-hybridized carbons (Fsp3) is 0.684. The Balaban J connectivity index is 1.44. The van der Waals surface area contributed by atoms with Gasteiger partial charge in [0.1, 0.15) is 0 Å². The molecule has 1 aliphatic heterocycles. The summed E-state index contributed by atoms with van der Waals surface area (Å²) in [5.41, 5.74) is 0.998. The smallest absolute Gasteiger partial charge is 0.322 e. The van der Waals surface area contributed by atoms with Crippen molar-refractivity contribution in [2.75, 3.05) is 30.4 Å². The molecule has 0 radical (unpaired) electrons. The average Bonchev–Trinajstić information content (AvgIpc) is 3.32. The molecule has 1 saturated carbocycles. The van der Waals surface area contributed by atoms with Crippen LogP contribution in [0.15, 0.2) is 12.3 Å². The lowest BCUT2D eigenvalue weighted by atomic mass is 10.2. The Bertz CT molecular complexity index is 733. The predicted octanol–water partition coefficient (Wildman–Crippen LogP) is 3.18. The zero-order valence-electron chi connectivity index (χ0n) is 16.1. The van der Waals surface area contributed by atoms with E-state index in [4.69, 9.17) is 9.84 Å². The molecule has 0 atom stereocenters. The predicted molar refractivity (Wildman–Crippen MR) is 104 cm³/mol. The molecule has 0 amide bonds. The lowest BCUT2D eigenvalue weighted by Crippen LogP contribution is -2.26. The molecule has 1 aliphatic carbocycles. The molecule has 2 aromatic heterocycles. The van der Waals surface area contributed by atoms with Crippen molar-refractivity contribution in [1.82, 2.24) is 24.7 Å². The third-order valence-corrected chi connectivity index (χ3v) is 5.46. The Morgan fingerprint density at radius 1 is 1.04 bits per heavy atom. The van der Waals surface area contributed by atoms with E-state index in [2.05, 4.69) is 42.1 Å². The van der Waals surface area contributed by atoms with E-state index in [-0.39, 0.29) is 0 Å². The minimum Gasteiger partial charge on any atom is -0.467 e. The molecule has 0 aromatic carbocycles. The van der Waals surface area contributed by atoms with Gasteiger partial charge in [-0.2, -0.15) is 20.1 Å². The van der Waals surface area contributed by atoms with Crippen molar-refractivity contribution < 1.29 is 4.74 Å². The third kappa shape index (κ3) is 4.48. The molecule has 2 aliphatic rings. The summed E-state index contributed by atoms with van der Waals surface area (Å²) in [5, 5.41) is 8.01. The van der Waals surface area contributed by atoms with Gasteiger partial charge in [-0.05, 0) is 31.7 Å². The van der Waals surface area contributed by atoms with Gasteiger partial charge in [0.2, 0.25) is 11.9 Å². The molecule has 0 unspecified atom stereocenters. The molecule has 4 rings (SSSR count). The van der Waals surface area contributed by atoms with Gasteiger partial charge in [-0.15, -0.1) is 0 Å². The fourth-order valence-corrected chi connectivity index (χ4v) is 3.94. The van der Waals surface area contributed by atoms with E-state index in [1.807, 2.05) is 0 Å². The van der Waals surface area contributed by atoms with Crippen LogP contribution >= 0.6 is 0 Å². The molecule has 2 fully saturated rings. The summed E-state index contributed by atoms with van der Waals surface area (Å²) in [6.45, 7) is 2.56. The Morgan fingerprint density at radius 3 is 2.56 bits per heavy atom. The summed E-state index contributed by atoms with van der Waals surface area (Å²) in [5.74, 6) is 1.24. The van der Waals surface area contributed by atoms with Crippen LogP contribution in [-0.2, 0) is 6.54 Å². The van der Waals surface area contributed by atoms with Crippen LogP contribution in [0.3, 0.4) is 0 Å². The minimum absolute atomic E-state index is 0.350. The first-order valence-electron chi connectivity index (χ1n) is 10.1. The zero-order chi connectivity index (χ0) is 18.5. The second-order valence-corrected chi connectivity index (χ2v) is 7.43. The summed E-state index contributed by atoms with van der Waals surface area (Å²) in [6, 6.07) is 2.98. The van der Waals surface area contributed by atoms with Crippen LogP contribution < -0.4 is 15.0 Å². The monoisotopic (exact) mass is 371 g/mol. The maximum absolute atomic E-state index is 5.29. The van der Waals surface area contributed by atoms with Gasteiger partial charge < -0.3 is 15.0 Å². The van der Waals surface area contributed by atoms with Crippen LogP contribution in [0.4, 0.5) is 11.9 Å². The number of hydrogen-bond donors (Lipinski definition) is 1. The molecule has 0 bridgehead atoms. The molecular formula is C19H29N7O. The Morgan fingerprint density at radius 2 is 1.81 bits per heavy atom. The average molecular weight is 371 g/mol. The van der Waals surface area contributed by atoms with Gasteiger partial charge in [0.05, 0.1) is 25.4 Å². The third-order valence-electron chi connectivity index (χ3n) is 5.46. The van der Waals surface area contributed by atoms with Crippen LogP contribution in [0.1, 0.15) is 63.1 Å². The van der Waals surface area contributed by atoms with Crippen molar-refractivity contribution in [3.05, 3.63) is 18.0 Å². The van der Waals surface area contributed by atoms with Crippen molar-refractivity contribution >= 4 is 11.9 Å². The van der Waals surface area contributed by atoms with Gasteiger partial charge in [0.25, 0.3) is 0 Å². The highest BCUT2D eigenvalue weighted by Gasteiger charge is 2.18. The SMILES string of the molecule is COc1nc(NCc2ccn(C3CCCC3)n2)nc(N2CCCCCC2)n1. The maximum Gasteiger partial charge on any atom is 0.322 e. The Kier molecular flexibility index (Phi) is 5.69. The van der Waals surface area contributed by atoms with Crippen molar-refractivity contribution in [2.24, 2.45) is 0 Å². The quantitative estimate of drug-likeness (QED) is 0.835. The Labute approximate surface area is 160 Å². The standard InChI is InChI=1S/C19H29N7O/c1-27-19-22-17(21-18(23-19)25-11-6-2-3-7-12-25)20-14-15-10-13-26(24-15)16-8-4-5-9-16/h10,13,16H,2-9,11-12,14H2,1H3,(H,20,21,22,23). The number of hydrogen-bond acceptors (Lipinski definition) is 7. The minimum atomic E-state index is 0.350. The highest BCUT2D eigenvalue weighted by molar-refractivity contribution is 5.38. The van der Waals surface area contributed by atoms with Crippen LogP contribution in [0.25, 0.3) is 0 Å². The first kappa shape index (κ1) is 18.0. The van der Waals surface area contributed by atoms with Gasteiger partial charge in [-0.25, -0.2) is 0 Å². The zero-order valence-corrected chi connectivity index (χ0v) is 16.1. The molecule has 2 aromatic rings. The fourth-order valence-electron chi connectivity index (χ4n) is 3.94. The van der Waals surface area contributed by atoms with E-state index in [0.717, 1.165) is 18.8 Å². The largest absolute Gasteiger partial charge is 0.467 e. The summed E-state index contributed by atoms with van der Waals surface area (Å²) in [7, 11) is 1.59. The normalized spacial score (nSPS) is 18.5. The first-order chi connectivity index (χ1) is 13.3. The van der Waals surface area contributed by atoms with Crippen molar-refractivity contribution in [2.45, 2.75) is 64.0 Å². The lowest BCUT2D eigenvalue weighted by molar-refractivity contribution is 0.378. The number of anilines is 2. The van der Waals surface area contributed by atoms with Crippen molar-refractivity contribution in [3.8, 4) is 6.01 Å². The van der Waals surface area contributed by atoms with Crippen LogP contribution in [0.5, 0.6) is 6.01 Å². The molecule has 0 spiro atoms. The van der Waals surface area contributed by atoms with Crippen LogP contribution in [0, 0.1) is 0 Å². The second kappa shape index (κ2) is 8.54. The van der Waals surface area contributed by atoms with Crippen molar-refractivity contribution in [1.29, 1.82) is 0 Å². The van der Waals surface area contributed by atoms with Gasteiger partial charge in [0.15, 0.2) is 0 Å². The molecule has 8 heteroatoms. The highest BCUT2D eigenvalue weighted by Crippen LogP contribution is 2.28. The highest BCUT2D eigenvalue weighted by atomic mass is 16.5. The van der Waals surface area contributed by atoms with Crippen LogP contribution in [0.2, 0.25) is 0 Å². The molecule has 146 valence electrons. The van der Waals surface area contributed by atoms with E-state index in [9.17, 15) is 0 Å². The Hall–Kier alpha value is -2.38. The number of nitrogens with one attached hydrogen (secondary N) is 1. The van der Waals surface area contributed by atoms with Crippen molar-refractivity contribution in [3.63, 3.8) is 0 Å². The molecule has 1 N–H and O–H groups in total. The van der Waals surface area contributed by atoms with Crippen LogP contribution in [-0.4, -0.2) is 44.9 Å².